The number of benzene rings is 10. The van der Waals surface area contributed by atoms with Crippen LogP contribution in [0.5, 0.6) is 0 Å². The second-order valence-electron chi connectivity index (χ2n) is 15.7. The van der Waals surface area contributed by atoms with E-state index >= 15 is 0 Å². The zero-order valence-electron chi connectivity index (χ0n) is 33.1. The molecule has 12 rings (SSSR count). The molecule has 0 saturated carbocycles. The summed E-state index contributed by atoms with van der Waals surface area (Å²) in [5.74, 6) is 0. The first-order valence-corrected chi connectivity index (χ1v) is 22.4. The minimum absolute atomic E-state index is 1.11. The molecule has 0 aliphatic rings. The molecule has 3 heteroatoms. The summed E-state index contributed by atoms with van der Waals surface area (Å²) in [6.07, 6.45) is 0. The lowest BCUT2D eigenvalue weighted by atomic mass is 9.96. The van der Waals surface area contributed by atoms with Crippen LogP contribution in [0.4, 0.5) is 17.1 Å². The summed E-state index contributed by atoms with van der Waals surface area (Å²) in [5, 5.41) is 7.70. The van der Waals surface area contributed by atoms with Gasteiger partial charge in [0.25, 0.3) is 0 Å². The van der Waals surface area contributed by atoms with Crippen molar-refractivity contribution in [3.63, 3.8) is 0 Å². The van der Waals surface area contributed by atoms with Gasteiger partial charge >= 0.3 is 0 Å². The number of hydrogen-bond donors (Lipinski definition) is 0. The molecule has 0 unspecified atom stereocenters. The Bertz CT molecular complexity index is 3560. The summed E-state index contributed by atoms with van der Waals surface area (Å²) >= 11 is 3.75. The third-order valence-electron chi connectivity index (χ3n) is 12.1. The SMILES string of the molecule is c1ccc(-c2ccc(-c3ccc4c(sc5ccccc54)c3N(c3ccc(-c4ccc5ccccc5c4)cc3)c3ccc(-c4ccc5c(c4)sc4ccccc45)cc3)cc2)cc1. The lowest BCUT2D eigenvalue weighted by molar-refractivity contribution is 1.30. The first-order chi connectivity index (χ1) is 30.2. The predicted octanol–water partition coefficient (Wildman–Crippen LogP) is 17.7. The standard InChI is InChI=1S/C58H37NS2/c1-2-10-38(11-3-1)40-18-21-43(22-19-40)49-34-35-53-51-15-7-9-17-55(51)61-58(53)57(49)59(47-29-24-41(25-30-47)45-23-20-39-12-4-5-13-44(39)36-45)48-31-26-42(27-32-48)46-28-33-52-50-14-6-8-16-54(50)60-56(52)37-46/h1-37H. The normalized spacial score (nSPS) is 11.6. The van der Waals surface area contributed by atoms with Crippen LogP contribution in [0.2, 0.25) is 0 Å². The van der Waals surface area contributed by atoms with Gasteiger partial charge in [-0.25, -0.2) is 0 Å². The van der Waals surface area contributed by atoms with Crippen molar-refractivity contribution in [2.75, 3.05) is 4.90 Å². The molecule has 0 atom stereocenters. The molecule has 0 N–H and O–H groups in total. The van der Waals surface area contributed by atoms with E-state index in [1.54, 1.807) is 0 Å². The van der Waals surface area contributed by atoms with Crippen LogP contribution in [-0.2, 0) is 0 Å². The molecule has 0 amide bonds. The van der Waals surface area contributed by atoms with Crippen molar-refractivity contribution in [3.8, 4) is 44.5 Å². The molecule has 10 aromatic carbocycles. The summed E-state index contributed by atoms with van der Waals surface area (Å²) in [5.41, 5.74) is 13.0. The van der Waals surface area contributed by atoms with Crippen molar-refractivity contribution in [2.24, 2.45) is 0 Å². The summed E-state index contributed by atoms with van der Waals surface area (Å²) in [6.45, 7) is 0. The molecule has 286 valence electrons. The van der Waals surface area contributed by atoms with E-state index in [9.17, 15) is 0 Å². The van der Waals surface area contributed by atoms with Crippen LogP contribution >= 0.6 is 22.7 Å². The van der Waals surface area contributed by atoms with Crippen LogP contribution in [0.15, 0.2) is 224 Å². The summed E-state index contributed by atoms with van der Waals surface area (Å²) in [7, 11) is 0. The molecule has 0 saturated heterocycles. The fourth-order valence-corrected chi connectivity index (χ4v) is 11.4. The van der Waals surface area contributed by atoms with Gasteiger partial charge in [0, 0.05) is 52.6 Å². The third-order valence-corrected chi connectivity index (χ3v) is 14.4. The van der Waals surface area contributed by atoms with Gasteiger partial charge in [-0.1, -0.05) is 176 Å². The topological polar surface area (TPSA) is 3.24 Å². The van der Waals surface area contributed by atoms with E-state index < -0.39 is 0 Å². The van der Waals surface area contributed by atoms with E-state index in [1.807, 2.05) is 22.7 Å². The number of hydrogen-bond acceptors (Lipinski definition) is 3. The number of rotatable bonds is 7. The molecular weight excluding hydrogens is 775 g/mol. The van der Waals surface area contributed by atoms with Gasteiger partial charge in [0.15, 0.2) is 0 Å². The van der Waals surface area contributed by atoms with Gasteiger partial charge in [0.05, 0.1) is 10.4 Å². The highest BCUT2D eigenvalue weighted by molar-refractivity contribution is 7.26. The van der Waals surface area contributed by atoms with E-state index in [0.717, 1.165) is 11.4 Å². The van der Waals surface area contributed by atoms with Gasteiger partial charge in [0.2, 0.25) is 0 Å². The van der Waals surface area contributed by atoms with Gasteiger partial charge in [-0.15, -0.1) is 22.7 Å². The lowest BCUT2D eigenvalue weighted by Gasteiger charge is -2.29. The van der Waals surface area contributed by atoms with Crippen molar-refractivity contribution in [1.29, 1.82) is 0 Å². The van der Waals surface area contributed by atoms with E-state index in [1.165, 1.54) is 101 Å². The third kappa shape index (κ3) is 6.29. The van der Waals surface area contributed by atoms with E-state index in [0.29, 0.717) is 0 Å². The maximum Gasteiger partial charge on any atom is 0.0718 e. The van der Waals surface area contributed by atoms with E-state index in [4.69, 9.17) is 0 Å². The second-order valence-corrected chi connectivity index (χ2v) is 17.8. The van der Waals surface area contributed by atoms with Crippen LogP contribution < -0.4 is 4.90 Å². The number of anilines is 3. The highest BCUT2D eigenvalue weighted by Crippen LogP contribution is 2.50. The Labute approximate surface area is 362 Å². The molecule has 12 aromatic rings. The van der Waals surface area contributed by atoms with Gasteiger partial charge in [-0.3, -0.25) is 0 Å². The molecule has 2 heterocycles. The molecule has 0 spiro atoms. The highest BCUT2D eigenvalue weighted by Gasteiger charge is 2.23. The van der Waals surface area contributed by atoms with Crippen LogP contribution in [0.25, 0.3) is 95.6 Å². The maximum absolute atomic E-state index is 2.49. The maximum atomic E-state index is 2.49. The zero-order chi connectivity index (χ0) is 40.3. The average molecular weight is 812 g/mol. The van der Waals surface area contributed by atoms with E-state index in [-0.39, 0.29) is 0 Å². The summed E-state index contributed by atoms with van der Waals surface area (Å²) in [4.78, 5) is 2.49. The molecule has 1 nitrogen and oxygen atoms in total. The minimum atomic E-state index is 1.11. The Morgan fingerprint density at radius 1 is 0.279 bits per heavy atom. The quantitative estimate of drug-likeness (QED) is 0.155. The van der Waals surface area contributed by atoms with Crippen LogP contribution in [-0.4, -0.2) is 0 Å². The predicted molar refractivity (Wildman–Crippen MR) is 266 cm³/mol. The fraction of sp³-hybridized carbons (Fsp3) is 0. The first kappa shape index (κ1) is 35.6. The van der Waals surface area contributed by atoms with Crippen molar-refractivity contribution < 1.29 is 0 Å². The zero-order valence-corrected chi connectivity index (χ0v) is 34.8. The van der Waals surface area contributed by atoms with Gasteiger partial charge in [-0.05, 0) is 98.2 Å². The molecule has 61 heavy (non-hydrogen) atoms. The number of nitrogens with zero attached hydrogens (tertiary/aromatic N) is 1. The average Bonchev–Trinajstić information content (AvgIpc) is 3.91. The van der Waals surface area contributed by atoms with E-state index in [2.05, 4.69) is 229 Å². The molecule has 0 aliphatic carbocycles. The Morgan fingerprint density at radius 3 is 1.48 bits per heavy atom. The Morgan fingerprint density at radius 2 is 0.754 bits per heavy atom. The fourth-order valence-electron chi connectivity index (χ4n) is 8.99. The molecule has 0 aliphatic heterocycles. The Balaban J connectivity index is 1.04. The summed E-state index contributed by atoms with van der Waals surface area (Å²) < 4.78 is 5.20. The van der Waals surface area contributed by atoms with Crippen LogP contribution in [0.3, 0.4) is 0 Å². The smallest absolute Gasteiger partial charge is 0.0718 e. The molecule has 0 radical (unpaired) electrons. The lowest BCUT2D eigenvalue weighted by Crippen LogP contribution is -2.11. The van der Waals surface area contributed by atoms with Crippen molar-refractivity contribution >= 4 is 90.9 Å². The molecular formula is C58H37NS2. The van der Waals surface area contributed by atoms with Crippen molar-refractivity contribution in [2.45, 2.75) is 0 Å². The molecule has 0 bridgehead atoms. The minimum Gasteiger partial charge on any atom is -0.308 e. The van der Waals surface area contributed by atoms with Crippen molar-refractivity contribution in [3.05, 3.63) is 224 Å². The molecule has 2 aromatic heterocycles. The van der Waals surface area contributed by atoms with Gasteiger partial charge < -0.3 is 4.90 Å². The monoisotopic (exact) mass is 811 g/mol. The first-order valence-electron chi connectivity index (χ1n) is 20.7. The largest absolute Gasteiger partial charge is 0.308 e. The van der Waals surface area contributed by atoms with Crippen molar-refractivity contribution in [1.82, 2.24) is 0 Å². The number of thiophene rings is 2. The van der Waals surface area contributed by atoms with Gasteiger partial charge in [-0.2, -0.15) is 0 Å². The second kappa shape index (κ2) is 14.8. The van der Waals surface area contributed by atoms with Gasteiger partial charge in [0.1, 0.15) is 0 Å². The Kier molecular flexibility index (Phi) is 8.62. The Hall–Kier alpha value is -7.30. The number of fused-ring (bicyclic) bond motifs is 7. The van der Waals surface area contributed by atoms with Crippen LogP contribution in [0, 0.1) is 0 Å². The molecule has 0 fully saturated rings. The summed E-state index contributed by atoms with van der Waals surface area (Å²) in [6, 6.07) is 82.5. The highest BCUT2D eigenvalue weighted by atomic mass is 32.1. The van der Waals surface area contributed by atoms with Crippen LogP contribution in [0.1, 0.15) is 0 Å².